The molecule has 2 unspecified atom stereocenters. The predicted octanol–water partition coefficient (Wildman–Crippen LogP) is 1.75. The molecular weight excluding hydrogens is 282 g/mol. The third-order valence-corrected chi connectivity index (χ3v) is 4.44. The number of aromatic nitrogens is 2. The molecule has 0 aromatic carbocycles. The molecule has 0 bridgehead atoms. The van der Waals surface area contributed by atoms with Gasteiger partial charge in [0.25, 0.3) is 5.91 Å². The molecular formula is C16H27N3O3. The first-order valence-corrected chi connectivity index (χ1v) is 7.88. The van der Waals surface area contributed by atoms with Gasteiger partial charge < -0.3 is 14.4 Å². The van der Waals surface area contributed by atoms with Gasteiger partial charge in [0.2, 0.25) is 0 Å². The van der Waals surface area contributed by atoms with Gasteiger partial charge >= 0.3 is 0 Å². The van der Waals surface area contributed by atoms with Gasteiger partial charge in [0.05, 0.1) is 24.9 Å². The molecule has 1 aliphatic rings. The van der Waals surface area contributed by atoms with Gasteiger partial charge in [-0.15, -0.1) is 0 Å². The van der Waals surface area contributed by atoms with E-state index >= 15 is 0 Å². The van der Waals surface area contributed by atoms with Crippen molar-refractivity contribution in [2.75, 3.05) is 26.9 Å². The average Bonchev–Trinajstić information content (AvgIpc) is 3.04. The van der Waals surface area contributed by atoms with Gasteiger partial charge in [-0.2, -0.15) is 5.10 Å². The van der Waals surface area contributed by atoms with E-state index in [4.69, 9.17) is 9.47 Å². The molecule has 0 saturated carbocycles. The van der Waals surface area contributed by atoms with Gasteiger partial charge in [-0.25, -0.2) is 0 Å². The zero-order chi connectivity index (χ0) is 16.3. The quantitative estimate of drug-likeness (QED) is 0.751. The highest BCUT2D eigenvalue weighted by Crippen LogP contribution is 2.35. The van der Waals surface area contributed by atoms with Crippen molar-refractivity contribution in [3.8, 4) is 0 Å². The van der Waals surface area contributed by atoms with E-state index in [1.807, 2.05) is 30.5 Å². The molecule has 0 N–H and O–H groups in total. The molecule has 1 aromatic heterocycles. The Kier molecular flexibility index (Phi) is 5.58. The predicted molar refractivity (Wildman–Crippen MR) is 83.7 cm³/mol. The fourth-order valence-electron chi connectivity index (χ4n) is 3.22. The topological polar surface area (TPSA) is 56.6 Å². The Hall–Kier alpha value is -1.40. The van der Waals surface area contributed by atoms with E-state index < -0.39 is 6.10 Å². The molecule has 0 radical (unpaired) electrons. The summed E-state index contributed by atoms with van der Waals surface area (Å²) < 4.78 is 12.4. The highest BCUT2D eigenvalue weighted by atomic mass is 16.5. The Morgan fingerprint density at radius 3 is 2.73 bits per heavy atom. The van der Waals surface area contributed by atoms with Crippen molar-refractivity contribution in [3.05, 3.63) is 17.0 Å². The lowest BCUT2D eigenvalue weighted by molar-refractivity contribution is -0.144. The highest BCUT2D eigenvalue weighted by molar-refractivity contribution is 5.81. The van der Waals surface area contributed by atoms with Gasteiger partial charge in [0, 0.05) is 32.0 Å². The molecule has 2 rings (SSSR count). The van der Waals surface area contributed by atoms with Gasteiger partial charge in [-0.1, -0.05) is 0 Å². The highest BCUT2D eigenvalue weighted by Gasteiger charge is 2.35. The number of carbonyl (C=O) groups excluding carboxylic acids is 1. The zero-order valence-corrected chi connectivity index (χ0v) is 14.3. The van der Waals surface area contributed by atoms with E-state index in [0.717, 1.165) is 30.8 Å². The van der Waals surface area contributed by atoms with E-state index in [9.17, 15) is 4.79 Å². The fraction of sp³-hybridized carbons (Fsp3) is 0.750. The van der Waals surface area contributed by atoms with Crippen LogP contribution >= 0.6 is 0 Å². The molecule has 1 fully saturated rings. The van der Waals surface area contributed by atoms with Crippen molar-refractivity contribution in [2.24, 2.45) is 7.05 Å². The van der Waals surface area contributed by atoms with Gasteiger partial charge in [-0.3, -0.25) is 9.48 Å². The average molecular weight is 309 g/mol. The number of methoxy groups -OCH3 is 1. The number of rotatable bonds is 6. The second-order valence-electron chi connectivity index (χ2n) is 5.90. The normalized spacial score (nSPS) is 19.7. The van der Waals surface area contributed by atoms with Crippen LogP contribution < -0.4 is 0 Å². The minimum atomic E-state index is -0.437. The number of nitrogens with zero attached hydrogens (tertiary/aromatic N) is 3. The van der Waals surface area contributed by atoms with Crippen molar-refractivity contribution in [1.82, 2.24) is 14.7 Å². The van der Waals surface area contributed by atoms with Crippen LogP contribution in [0.4, 0.5) is 0 Å². The Bertz CT molecular complexity index is 527. The lowest BCUT2D eigenvalue weighted by atomic mass is 10.0. The number of carbonyl (C=O) groups is 1. The minimum Gasteiger partial charge on any atom is -0.382 e. The van der Waals surface area contributed by atoms with Crippen LogP contribution in [0.1, 0.15) is 42.8 Å². The molecule has 2 atom stereocenters. The lowest BCUT2D eigenvalue weighted by Gasteiger charge is -2.28. The van der Waals surface area contributed by atoms with Crippen LogP contribution in [0.15, 0.2) is 0 Å². The number of amides is 1. The summed E-state index contributed by atoms with van der Waals surface area (Å²) in [5, 5.41) is 4.49. The van der Waals surface area contributed by atoms with Crippen LogP contribution in [0.2, 0.25) is 0 Å². The lowest BCUT2D eigenvalue weighted by Crippen LogP contribution is -2.39. The first-order chi connectivity index (χ1) is 10.5. The van der Waals surface area contributed by atoms with Crippen LogP contribution in [0.25, 0.3) is 0 Å². The van der Waals surface area contributed by atoms with Crippen LogP contribution in [0.5, 0.6) is 0 Å². The van der Waals surface area contributed by atoms with Crippen molar-refractivity contribution in [1.29, 1.82) is 0 Å². The Labute approximate surface area is 132 Å². The Morgan fingerprint density at radius 1 is 1.41 bits per heavy atom. The summed E-state index contributed by atoms with van der Waals surface area (Å²) in [6, 6.07) is 0.120. The van der Waals surface area contributed by atoms with E-state index in [0.29, 0.717) is 13.2 Å². The first kappa shape index (κ1) is 17.0. The summed E-state index contributed by atoms with van der Waals surface area (Å²) in [5.74, 6) is 0.0567. The van der Waals surface area contributed by atoms with Crippen LogP contribution in [-0.4, -0.2) is 53.6 Å². The minimum absolute atomic E-state index is 0.0567. The summed E-state index contributed by atoms with van der Waals surface area (Å²) in [6.45, 7) is 7.62. The van der Waals surface area contributed by atoms with Gasteiger partial charge in [-0.05, 0) is 33.6 Å². The zero-order valence-electron chi connectivity index (χ0n) is 14.3. The number of aryl methyl sites for hydroxylation is 2. The number of ether oxygens (including phenoxy) is 2. The second kappa shape index (κ2) is 7.24. The second-order valence-corrected chi connectivity index (χ2v) is 5.90. The standard InChI is InChI=1S/C16H27N3O3/c1-11-15(12(2)18(4)17-11)14-7-6-8-19(14)16(20)13(3)22-10-9-21-5/h13-14H,6-10H2,1-5H3. The first-order valence-electron chi connectivity index (χ1n) is 7.88. The van der Waals surface area contributed by atoms with E-state index in [2.05, 4.69) is 12.0 Å². The third kappa shape index (κ3) is 3.33. The van der Waals surface area contributed by atoms with Crippen molar-refractivity contribution in [2.45, 2.75) is 45.8 Å². The summed E-state index contributed by atoms with van der Waals surface area (Å²) in [6.07, 6.45) is 1.58. The van der Waals surface area contributed by atoms with Crippen LogP contribution in [0.3, 0.4) is 0 Å². The molecule has 2 heterocycles. The summed E-state index contributed by atoms with van der Waals surface area (Å²) in [5.41, 5.74) is 3.34. The maximum Gasteiger partial charge on any atom is 0.251 e. The number of likely N-dealkylation sites (tertiary alicyclic amines) is 1. The monoisotopic (exact) mass is 309 g/mol. The molecule has 6 nitrogen and oxygen atoms in total. The maximum absolute atomic E-state index is 12.7. The number of hydrogen-bond acceptors (Lipinski definition) is 4. The molecule has 1 aromatic rings. The molecule has 22 heavy (non-hydrogen) atoms. The summed E-state index contributed by atoms with van der Waals surface area (Å²) >= 11 is 0. The summed E-state index contributed by atoms with van der Waals surface area (Å²) in [4.78, 5) is 14.6. The van der Waals surface area contributed by atoms with Crippen molar-refractivity contribution < 1.29 is 14.3 Å². The molecule has 6 heteroatoms. The van der Waals surface area contributed by atoms with Crippen molar-refractivity contribution >= 4 is 5.91 Å². The van der Waals surface area contributed by atoms with E-state index in [1.165, 1.54) is 5.56 Å². The fourth-order valence-corrected chi connectivity index (χ4v) is 3.22. The van der Waals surface area contributed by atoms with Crippen LogP contribution in [0, 0.1) is 13.8 Å². The molecule has 1 amide bonds. The molecule has 124 valence electrons. The van der Waals surface area contributed by atoms with E-state index in [1.54, 1.807) is 7.11 Å². The number of hydrogen-bond donors (Lipinski definition) is 0. The molecule has 1 aliphatic heterocycles. The third-order valence-electron chi connectivity index (χ3n) is 4.44. The van der Waals surface area contributed by atoms with Crippen LogP contribution in [-0.2, 0) is 21.3 Å². The SMILES string of the molecule is COCCOC(C)C(=O)N1CCCC1c1c(C)nn(C)c1C. The smallest absolute Gasteiger partial charge is 0.251 e. The van der Waals surface area contributed by atoms with Crippen molar-refractivity contribution in [3.63, 3.8) is 0 Å². The molecule has 0 aliphatic carbocycles. The largest absolute Gasteiger partial charge is 0.382 e. The van der Waals surface area contributed by atoms with Gasteiger partial charge in [0.1, 0.15) is 6.10 Å². The Balaban J connectivity index is 2.11. The maximum atomic E-state index is 12.7. The van der Waals surface area contributed by atoms with Gasteiger partial charge in [0.15, 0.2) is 0 Å². The molecule has 0 spiro atoms. The van der Waals surface area contributed by atoms with E-state index in [-0.39, 0.29) is 11.9 Å². The summed E-state index contributed by atoms with van der Waals surface area (Å²) in [7, 11) is 3.57. The molecule has 1 saturated heterocycles. The Morgan fingerprint density at radius 2 is 2.14 bits per heavy atom.